The number of nitrogens with one attached hydrogen (secondary N) is 1. The lowest BCUT2D eigenvalue weighted by molar-refractivity contribution is -0.150. The van der Waals surface area contributed by atoms with Crippen molar-refractivity contribution >= 4 is 16.9 Å². The molecule has 5 nitrogen and oxygen atoms in total. The van der Waals surface area contributed by atoms with Crippen molar-refractivity contribution in [3.63, 3.8) is 0 Å². The molecular weight excluding hydrogens is 256 g/mol. The molecule has 5 heteroatoms. The first-order chi connectivity index (χ1) is 9.56. The van der Waals surface area contributed by atoms with E-state index >= 15 is 0 Å². The van der Waals surface area contributed by atoms with Crippen LogP contribution in [0.5, 0.6) is 0 Å². The maximum atomic E-state index is 12.0. The number of hydrogen-bond acceptors (Lipinski definition) is 4. The Morgan fingerprint density at radius 3 is 2.85 bits per heavy atom. The number of aromatic amines is 1. The van der Waals surface area contributed by atoms with E-state index in [1.165, 1.54) is 0 Å². The SMILES string of the molecule is C[C@H](OC(=O)[C@H]1C[C@H]1C)c1nc2ccccc2c(=O)[nH]1. The number of carbonyl (C=O) groups excluding carboxylic acids is 1. The maximum absolute atomic E-state index is 12.0. The number of ether oxygens (including phenoxy) is 1. The Hall–Kier alpha value is -2.17. The van der Waals surface area contributed by atoms with E-state index in [0.29, 0.717) is 22.6 Å². The zero-order valence-electron chi connectivity index (χ0n) is 11.4. The van der Waals surface area contributed by atoms with Gasteiger partial charge in [-0.1, -0.05) is 19.1 Å². The molecule has 1 saturated carbocycles. The highest BCUT2D eigenvalue weighted by atomic mass is 16.5. The minimum absolute atomic E-state index is 0.00429. The number of hydrogen-bond donors (Lipinski definition) is 1. The van der Waals surface area contributed by atoms with E-state index in [0.717, 1.165) is 6.42 Å². The van der Waals surface area contributed by atoms with E-state index in [1.54, 1.807) is 25.1 Å². The van der Waals surface area contributed by atoms with Gasteiger partial charge in [0.1, 0.15) is 0 Å². The van der Waals surface area contributed by atoms with E-state index in [9.17, 15) is 9.59 Å². The molecule has 1 aliphatic rings. The Morgan fingerprint density at radius 2 is 2.15 bits per heavy atom. The Morgan fingerprint density at radius 1 is 1.45 bits per heavy atom. The highest BCUT2D eigenvalue weighted by Crippen LogP contribution is 2.39. The van der Waals surface area contributed by atoms with Crippen LogP contribution in [0.3, 0.4) is 0 Å². The first-order valence-corrected chi connectivity index (χ1v) is 6.75. The Balaban J connectivity index is 1.86. The molecule has 1 N–H and O–H groups in total. The molecule has 1 aromatic heterocycles. The topological polar surface area (TPSA) is 72.0 Å². The first-order valence-electron chi connectivity index (χ1n) is 6.75. The number of nitrogens with zero attached hydrogens (tertiary/aromatic N) is 1. The van der Waals surface area contributed by atoms with Crippen LogP contribution >= 0.6 is 0 Å². The summed E-state index contributed by atoms with van der Waals surface area (Å²) in [5, 5.41) is 0.533. The molecule has 2 aromatic rings. The molecule has 3 rings (SSSR count). The number of fused-ring (bicyclic) bond motifs is 1. The molecule has 1 fully saturated rings. The van der Waals surface area contributed by atoms with Crippen molar-refractivity contribution in [1.29, 1.82) is 0 Å². The van der Waals surface area contributed by atoms with Crippen molar-refractivity contribution in [2.24, 2.45) is 11.8 Å². The van der Waals surface area contributed by atoms with Gasteiger partial charge in [-0.15, -0.1) is 0 Å². The van der Waals surface area contributed by atoms with Crippen molar-refractivity contribution in [3.8, 4) is 0 Å². The average Bonchev–Trinajstić information content (AvgIpc) is 3.16. The molecule has 0 radical (unpaired) electrons. The molecule has 1 heterocycles. The van der Waals surface area contributed by atoms with Crippen molar-refractivity contribution in [3.05, 3.63) is 40.4 Å². The Labute approximate surface area is 116 Å². The molecule has 0 bridgehead atoms. The number of esters is 1. The summed E-state index contributed by atoms with van der Waals surface area (Å²) in [7, 11) is 0. The summed E-state index contributed by atoms with van der Waals surface area (Å²) in [4.78, 5) is 30.8. The fourth-order valence-electron chi connectivity index (χ4n) is 2.26. The standard InChI is InChI=1S/C15H16N2O3/c1-8-7-11(8)15(19)20-9(2)13-16-12-6-4-3-5-10(12)14(18)17-13/h3-6,8-9,11H,7H2,1-2H3,(H,16,17,18)/t8-,9+,11+/m1/s1. The van der Waals surface area contributed by atoms with E-state index in [-0.39, 0.29) is 17.4 Å². The van der Waals surface area contributed by atoms with Crippen LogP contribution in [-0.4, -0.2) is 15.9 Å². The zero-order valence-corrected chi connectivity index (χ0v) is 11.4. The minimum atomic E-state index is -0.549. The van der Waals surface area contributed by atoms with Crippen LogP contribution in [0, 0.1) is 11.8 Å². The third-order valence-corrected chi connectivity index (χ3v) is 3.72. The van der Waals surface area contributed by atoms with Crippen molar-refractivity contribution in [2.45, 2.75) is 26.4 Å². The fourth-order valence-corrected chi connectivity index (χ4v) is 2.26. The summed E-state index contributed by atoms with van der Waals surface area (Å²) in [5.41, 5.74) is 0.391. The second-order valence-corrected chi connectivity index (χ2v) is 5.37. The van der Waals surface area contributed by atoms with E-state index in [1.807, 2.05) is 13.0 Å². The molecule has 0 amide bonds. The monoisotopic (exact) mass is 272 g/mol. The summed E-state index contributed by atoms with van der Waals surface area (Å²) >= 11 is 0. The largest absolute Gasteiger partial charge is 0.454 e. The van der Waals surface area contributed by atoms with Gasteiger partial charge in [-0.05, 0) is 31.4 Å². The molecule has 0 unspecified atom stereocenters. The number of carbonyl (C=O) groups is 1. The highest BCUT2D eigenvalue weighted by Gasteiger charge is 2.41. The second kappa shape index (κ2) is 4.74. The van der Waals surface area contributed by atoms with Crippen LogP contribution in [0.2, 0.25) is 0 Å². The Kier molecular flexibility index (Phi) is 3.04. The van der Waals surface area contributed by atoms with Crippen LogP contribution in [-0.2, 0) is 9.53 Å². The lowest BCUT2D eigenvalue weighted by Crippen LogP contribution is -2.18. The number of para-hydroxylation sites is 1. The van der Waals surface area contributed by atoms with Gasteiger partial charge in [-0.25, -0.2) is 4.98 Å². The van der Waals surface area contributed by atoms with E-state index in [4.69, 9.17) is 4.74 Å². The molecule has 0 saturated heterocycles. The number of benzene rings is 1. The smallest absolute Gasteiger partial charge is 0.309 e. The molecule has 0 aliphatic heterocycles. The van der Waals surface area contributed by atoms with Gasteiger partial charge < -0.3 is 9.72 Å². The quantitative estimate of drug-likeness (QED) is 0.869. The minimum Gasteiger partial charge on any atom is -0.454 e. The van der Waals surface area contributed by atoms with Crippen molar-refractivity contribution < 1.29 is 9.53 Å². The number of aromatic nitrogens is 2. The Bertz CT molecular complexity index is 722. The summed E-state index contributed by atoms with van der Waals surface area (Å²) < 4.78 is 5.36. The zero-order chi connectivity index (χ0) is 14.3. The van der Waals surface area contributed by atoms with Crippen LogP contribution < -0.4 is 5.56 Å². The van der Waals surface area contributed by atoms with Crippen LogP contribution in [0.25, 0.3) is 10.9 Å². The predicted molar refractivity (Wildman–Crippen MR) is 74.1 cm³/mol. The van der Waals surface area contributed by atoms with Gasteiger partial charge in [-0.2, -0.15) is 0 Å². The third-order valence-electron chi connectivity index (χ3n) is 3.72. The lowest BCUT2D eigenvalue weighted by Gasteiger charge is -2.12. The molecule has 1 aromatic carbocycles. The van der Waals surface area contributed by atoms with Gasteiger partial charge in [0.15, 0.2) is 11.9 Å². The van der Waals surface area contributed by atoms with Gasteiger partial charge >= 0.3 is 5.97 Å². The average molecular weight is 272 g/mol. The van der Waals surface area contributed by atoms with E-state index in [2.05, 4.69) is 9.97 Å². The van der Waals surface area contributed by atoms with Gasteiger partial charge in [0, 0.05) is 0 Å². The fraction of sp³-hybridized carbons (Fsp3) is 0.400. The maximum Gasteiger partial charge on any atom is 0.309 e. The summed E-state index contributed by atoms with van der Waals surface area (Å²) in [6.07, 6.45) is 0.334. The summed E-state index contributed by atoms with van der Waals surface area (Å²) in [6.45, 7) is 3.74. The first kappa shape index (κ1) is 12.8. The van der Waals surface area contributed by atoms with Crippen LogP contribution in [0.15, 0.2) is 29.1 Å². The third kappa shape index (κ3) is 2.31. The second-order valence-electron chi connectivity index (χ2n) is 5.37. The van der Waals surface area contributed by atoms with Crippen LogP contribution in [0.4, 0.5) is 0 Å². The molecule has 104 valence electrons. The summed E-state index contributed by atoms with van der Waals surface area (Å²) in [5.74, 6) is 0.583. The normalized spacial score (nSPS) is 22.5. The van der Waals surface area contributed by atoms with Crippen molar-refractivity contribution in [1.82, 2.24) is 9.97 Å². The number of rotatable bonds is 3. The molecular formula is C15H16N2O3. The number of H-pyrrole nitrogens is 1. The van der Waals surface area contributed by atoms with Gasteiger partial charge in [0.25, 0.3) is 5.56 Å². The lowest BCUT2D eigenvalue weighted by atomic mass is 10.2. The van der Waals surface area contributed by atoms with Crippen molar-refractivity contribution in [2.75, 3.05) is 0 Å². The molecule has 0 spiro atoms. The highest BCUT2D eigenvalue weighted by molar-refractivity contribution is 5.77. The van der Waals surface area contributed by atoms with Gasteiger partial charge in [-0.3, -0.25) is 9.59 Å². The molecule has 20 heavy (non-hydrogen) atoms. The molecule has 3 atom stereocenters. The van der Waals surface area contributed by atoms with Crippen LogP contribution in [0.1, 0.15) is 32.2 Å². The van der Waals surface area contributed by atoms with Gasteiger partial charge in [0.2, 0.25) is 0 Å². The molecule has 1 aliphatic carbocycles. The van der Waals surface area contributed by atoms with Gasteiger partial charge in [0.05, 0.1) is 16.8 Å². The van der Waals surface area contributed by atoms with E-state index < -0.39 is 6.10 Å². The predicted octanol–water partition coefficient (Wildman–Crippen LogP) is 2.18. The summed E-state index contributed by atoms with van der Waals surface area (Å²) in [6, 6.07) is 7.09.